The second-order valence-corrected chi connectivity index (χ2v) is 5.90. The molecule has 0 atom stereocenters. The first kappa shape index (κ1) is 18.1. The summed E-state index contributed by atoms with van der Waals surface area (Å²) < 4.78 is 10.5. The van der Waals surface area contributed by atoms with Gasteiger partial charge in [0.2, 0.25) is 0 Å². The zero-order valence-electron chi connectivity index (χ0n) is 15.4. The van der Waals surface area contributed by atoms with Gasteiger partial charge in [-0.1, -0.05) is 17.9 Å². The zero-order valence-corrected chi connectivity index (χ0v) is 15.4. The molecule has 0 saturated carbocycles. The van der Waals surface area contributed by atoms with Crippen molar-refractivity contribution >= 4 is 11.4 Å². The molecule has 0 aliphatic heterocycles. The summed E-state index contributed by atoms with van der Waals surface area (Å²) in [5.41, 5.74) is 16.2. The van der Waals surface area contributed by atoms with E-state index in [9.17, 15) is 0 Å². The van der Waals surface area contributed by atoms with Crippen LogP contribution in [0.4, 0.5) is 11.4 Å². The Morgan fingerprint density at radius 1 is 0.815 bits per heavy atom. The molecule has 4 N–H and O–H groups in total. The van der Waals surface area contributed by atoms with Gasteiger partial charge in [-0.25, -0.2) is 9.97 Å². The standard InChI is InChI=1S/C21H20N4O2/c1-13-4-7-18(20(23)19(13)22)21-24-11-15(12-25-21)6-5-14-8-16(26-2)10-17(9-14)27-3/h4,7-12H,22-23H2,1-3H3. The molecule has 0 radical (unpaired) electrons. The molecule has 0 aliphatic carbocycles. The lowest BCUT2D eigenvalue weighted by atomic mass is 10.1. The van der Waals surface area contributed by atoms with Crippen LogP contribution in [-0.2, 0) is 0 Å². The number of nitrogens with zero attached hydrogens (tertiary/aromatic N) is 2. The minimum absolute atomic E-state index is 0.484. The molecule has 1 aromatic heterocycles. The summed E-state index contributed by atoms with van der Waals surface area (Å²) in [7, 11) is 3.20. The second-order valence-electron chi connectivity index (χ2n) is 5.90. The Hall–Kier alpha value is -3.72. The van der Waals surface area contributed by atoms with Crippen LogP contribution in [0.25, 0.3) is 11.4 Å². The number of hydrogen-bond donors (Lipinski definition) is 2. The highest BCUT2D eigenvalue weighted by atomic mass is 16.5. The SMILES string of the molecule is COc1cc(C#Cc2cnc(-c3ccc(C)c(N)c3N)nc2)cc(OC)c1. The molecule has 0 unspecified atom stereocenters. The lowest BCUT2D eigenvalue weighted by molar-refractivity contribution is 0.394. The molecule has 27 heavy (non-hydrogen) atoms. The summed E-state index contributed by atoms with van der Waals surface area (Å²) in [6, 6.07) is 9.22. The van der Waals surface area contributed by atoms with Crippen molar-refractivity contribution in [2.24, 2.45) is 0 Å². The van der Waals surface area contributed by atoms with Gasteiger partial charge in [0.05, 0.1) is 31.2 Å². The van der Waals surface area contributed by atoms with E-state index < -0.39 is 0 Å². The van der Waals surface area contributed by atoms with E-state index in [2.05, 4.69) is 21.8 Å². The topological polar surface area (TPSA) is 96.3 Å². The fourth-order valence-corrected chi connectivity index (χ4v) is 2.50. The Bertz CT molecular complexity index is 1010. The molecule has 0 saturated heterocycles. The van der Waals surface area contributed by atoms with Gasteiger partial charge >= 0.3 is 0 Å². The third-order valence-corrected chi connectivity index (χ3v) is 4.10. The Morgan fingerprint density at radius 2 is 1.41 bits per heavy atom. The van der Waals surface area contributed by atoms with Crippen molar-refractivity contribution in [3.8, 4) is 34.7 Å². The van der Waals surface area contributed by atoms with E-state index in [0.29, 0.717) is 39.8 Å². The van der Waals surface area contributed by atoms with Crippen LogP contribution < -0.4 is 20.9 Å². The Labute approximate surface area is 158 Å². The van der Waals surface area contributed by atoms with Crippen LogP contribution in [0, 0.1) is 18.8 Å². The first-order valence-electron chi connectivity index (χ1n) is 8.24. The van der Waals surface area contributed by atoms with Crippen LogP contribution in [0.5, 0.6) is 11.5 Å². The van der Waals surface area contributed by atoms with Crippen LogP contribution in [0.3, 0.4) is 0 Å². The highest BCUT2D eigenvalue weighted by Gasteiger charge is 2.09. The lowest BCUT2D eigenvalue weighted by Crippen LogP contribution is -2.01. The Morgan fingerprint density at radius 3 is 2.00 bits per heavy atom. The summed E-state index contributed by atoms with van der Waals surface area (Å²) in [5.74, 6) is 7.96. The van der Waals surface area contributed by atoms with E-state index in [1.165, 1.54) is 0 Å². The smallest absolute Gasteiger partial charge is 0.161 e. The number of rotatable bonds is 3. The van der Waals surface area contributed by atoms with Crippen molar-refractivity contribution in [3.63, 3.8) is 0 Å². The van der Waals surface area contributed by atoms with Gasteiger partial charge in [0.15, 0.2) is 5.82 Å². The molecule has 1 heterocycles. The maximum Gasteiger partial charge on any atom is 0.161 e. The van der Waals surface area contributed by atoms with Gasteiger partial charge in [0, 0.05) is 29.6 Å². The summed E-state index contributed by atoms with van der Waals surface area (Å²) >= 11 is 0. The first-order chi connectivity index (χ1) is 13.0. The molecule has 0 bridgehead atoms. The molecule has 136 valence electrons. The number of ether oxygens (including phenoxy) is 2. The van der Waals surface area contributed by atoms with E-state index >= 15 is 0 Å². The molecule has 0 amide bonds. The number of aryl methyl sites for hydroxylation is 1. The van der Waals surface area contributed by atoms with Gasteiger partial charge in [0.1, 0.15) is 11.5 Å². The molecule has 0 aliphatic rings. The molecular weight excluding hydrogens is 340 g/mol. The number of nitrogen functional groups attached to an aromatic ring is 2. The molecule has 0 fully saturated rings. The van der Waals surface area contributed by atoms with Crippen LogP contribution in [0.15, 0.2) is 42.7 Å². The summed E-state index contributed by atoms with van der Waals surface area (Å²) in [6.45, 7) is 1.91. The van der Waals surface area contributed by atoms with Gasteiger partial charge < -0.3 is 20.9 Å². The van der Waals surface area contributed by atoms with Gasteiger partial charge in [0.25, 0.3) is 0 Å². The van der Waals surface area contributed by atoms with Gasteiger partial charge in [-0.15, -0.1) is 0 Å². The number of benzene rings is 2. The monoisotopic (exact) mass is 360 g/mol. The predicted octanol–water partition coefficient (Wildman–Crippen LogP) is 3.03. The maximum atomic E-state index is 6.09. The number of aromatic nitrogens is 2. The minimum atomic E-state index is 0.484. The predicted molar refractivity (Wildman–Crippen MR) is 107 cm³/mol. The van der Waals surface area contributed by atoms with Crippen molar-refractivity contribution < 1.29 is 9.47 Å². The van der Waals surface area contributed by atoms with Crippen molar-refractivity contribution in [1.29, 1.82) is 0 Å². The molecular formula is C21H20N4O2. The summed E-state index contributed by atoms with van der Waals surface area (Å²) in [4.78, 5) is 8.72. The van der Waals surface area contributed by atoms with Crippen LogP contribution in [0.1, 0.15) is 16.7 Å². The highest BCUT2D eigenvalue weighted by Crippen LogP contribution is 2.30. The van der Waals surface area contributed by atoms with Crippen molar-refractivity contribution in [2.75, 3.05) is 25.7 Å². The van der Waals surface area contributed by atoms with E-state index in [4.69, 9.17) is 20.9 Å². The largest absolute Gasteiger partial charge is 0.497 e. The van der Waals surface area contributed by atoms with Crippen molar-refractivity contribution in [2.45, 2.75) is 6.92 Å². The maximum absolute atomic E-state index is 6.09. The fourth-order valence-electron chi connectivity index (χ4n) is 2.50. The average Bonchev–Trinajstić information content (AvgIpc) is 2.71. The molecule has 3 aromatic rings. The normalized spacial score (nSPS) is 10.0. The molecule has 0 spiro atoms. The van der Waals surface area contributed by atoms with Gasteiger partial charge in [-0.05, 0) is 30.7 Å². The van der Waals surface area contributed by atoms with Crippen molar-refractivity contribution in [1.82, 2.24) is 9.97 Å². The highest BCUT2D eigenvalue weighted by molar-refractivity contribution is 5.83. The fraction of sp³-hybridized carbons (Fsp3) is 0.143. The number of hydrogen-bond acceptors (Lipinski definition) is 6. The zero-order chi connectivity index (χ0) is 19.4. The Balaban J connectivity index is 1.88. The lowest BCUT2D eigenvalue weighted by Gasteiger charge is -2.09. The van der Waals surface area contributed by atoms with Crippen LogP contribution in [-0.4, -0.2) is 24.2 Å². The van der Waals surface area contributed by atoms with E-state index in [1.807, 2.05) is 31.2 Å². The van der Waals surface area contributed by atoms with Crippen LogP contribution >= 0.6 is 0 Å². The summed E-state index contributed by atoms with van der Waals surface area (Å²) in [5, 5.41) is 0. The van der Waals surface area contributed by atoms with Crippen molar-refractivity contribution in [3.05, 3.63) is 59.4 Å². The second kappa shape index (κ2) is 7.67. The Kier molecular flexibility index (Phi) is 5.13. The van der Waals surface area contributed by atoms with E-state index in [-0.39, 0.29) is 0 Å². The van der Waals surface area contributed by atoms with Gasteiger partial charge in [-0.3, -0.25) is 0 Å². The molecule has 2 aromatic carbocycles. The summed E-state index contributed by atoms with van der Waals surface area (Å²) in [6.07, 6.45) is 3.31. The van der Waals surface area contributed by atoms with Crippen LogP contribution in [0.2, 0.25) is 0 Å². The molecule has 6 nitrogen and oxygen atoms in total. The third-order valence-electron chi connectivity index (χ3n) is 4.10. The average molecular weight is 360 g/mol. The van der Waals surface area contributed by atoms with E-state index in [1.54, 1.807) is 32.7 Å². The number of nitrogens with two attached hydrogens (primary N) is 2. The third kappa shape index (κ3) is 3.93. The minimum Gasteiger partial charge on any atom is -0.497 e. The van der Waals surface area contributed by atoms with E-state index in [0.717, 1.165) is 11.1 Å². The first-order valence-corrected chi connectivity index (χ1v) is 8.24. The number of methoxy groups -OCH3 is 2. The number of anilines is 2. The van der Waals surface area contributed by atoms with Gasteiger partial charge in [-0.2, -0.15) is 0 Å². The molecule has 3 rings (SSSR count). The molecule has 6 heteroatoms. The quantitative estimate of drug-likeness (QED) is 0.550.